The summed E-state index contributed by atoms with van der Waals surface area (Å²) in [6.07, 6.45) is 1.55. The molecule has 1 fully saturated rings. The van der Waals surface area contributed by atoms with E-state index in [0.717, 1.165) is 19.5 Å². The Morgan fingerprint density at radius 3 is 2.80 bits per heavy atom. The number of likely N-dealkylation sites (tertiary alicyclic amines) is 1. The van der Waals surface area contributed by atoms with E-state index in [1.807, 2.05) is 23.1 Å². The highest BCUT2D eigenvalue weighted by Gasteiger charge is 2.27. The number of alkyl halides is 1. The quantitative estimate of drug-likeness (QED) is 0.567. The molecular weight excluding hydrogens is 210 g/mol. The Labute approximate surface area is 94.8 Å². The second-order valence-corrected chi connectivity index (χ2v) is 4.28. The van der Waals surface area contributed by atoms with Crippen LogP contribution >= 0.6 is 11.6 Å². The van der Waals surface area contributed by atoms with Gasteiger partial charge in [0.1, 0.15) is 5.50 Å². The highest BCUT2D eigenvalue weighted by Crippen LogP contribution is 2.19. The molecule has 0 radical (unpaired) electrons. The molecule has 2 nitrogen and oxygen atoms in total. The molecule has 0 amide bonds. The normalized spacial score (nSPS) is 23.0. The van der Waals surface area contributed by atoms with E-state index in [9.17, 15) is 4.79 Å². The maximum atomic E-state index is 11.4. The van der Waals surface area contributed by atoms with Gasteiger partial charge in [0.15, 0.2) is 5.78 Å². The molecule has 1 aromatic rings. The van der Waals surface area contributed by atoms with Crippen LogP contribution in [0.1, 0.15) is 18.4 Å². The first-order valence-corrected chi connectivity index (χ1v) is 5.66. The standard InChI is InChI=1S/C12H14ClNO/c13-12-11(15)7-4-8-14(12)9-10-5-2-1-3-6-10/h1-3,5-6,12H,4,7-9H2. The van der Waals surface area contributed by atoms with Gasteiger partial charge in [-0.25, -0.2) is 0 Å². The van der Waals surface area contributed by atoms with E-state index >= 15 is 0 Å². The summed E-state index contributed by atoms with van der Waals surface area (Å²) in [7, 11) is 0. The number of benzene rings is 1. The fraction of sp³-hybridized carbons (Fsp3) is 0.417. The van der Waals surface area contributed by atoms with Gasteiger partial charge in [0, 0.05) is 19.5 Å². The first-order valence-electron chi connectivity index (χ1n) is 5.22. The van der Waals surface area contributed by atoms with Crippen molar-refractivity contribution in [3.63, 3.8) is 0 Å². The summed E-state index contributed by atoms with van der Waals surface area (Å²) < 4.78 is 0. The van der Waals surface area contributed by atoms with Crippen LogP contribution < -0.4 is 0 Å². The minimum Gasteiger partial charge on any atom is -0.297 e. The van der Waals surface area contributed by atoms with Gasteiger partial charge in [-0.05, 0) is 12.0 Å². The molecule has 0 saturated carbocycles. The number of carbonyl (C=O) groups is 1. The van der Waals surface area contributed by atoms with Gasteiger partial charge < -0.3 is 0 Å². The Kier molecular flexibility index (Phi) is 3.39. The van der Waals surface area contributed by atoms with Crippen LogP contribution in [-0.4, -0.2) is 22.7 Å². The minimum atomic E-state index is -0.432. The second-order valence-electron chi connectivity index (χ2n) is 3.86. The van der Waals surface area contributed by atoms with Crippen LogP contribution in [0, 0.1) is 0 Å². The third-order valence-electron chi connectivity index (χ3n) is 2.68. The molecule has 1 unspecified atom stereocenters. The number of Topliss-reactive ketones (excluding diaryl/α,β-unsaturated/α-hetero) is 1. The monoisotopic (exact) mass is 223 g/mol. The highest BCUT2D eigenvalue weighted by atomic mass is 35.5. The molecule has 80 valence electrons. The molecule has 1 aliphatic rings. The molecule has 0 bridgehead atoms. The zero-order valence-electron chi connectivity index (χ0n) is 8.53. The number of hydrogen-bond donors (Lipinski definition) is 0. The van der Waals surface area contributed by atoms with Crippen molar-refractivity contribution in [1.82, 2.24) is 4.90 Å². The van der Waals surface area contributed by atoms with Crippen LogP contribution in [0.4, 0.5) is 0 Å². The van der Waals surface area contributed by atoms with Crippen LogP contribution in [0.5, 0.6) is 0 Å². The summed E-state index contributed by atoms with van der Waals surface area (Å²) in [6, 6.07) is 10.1. The van der Waals surface area contributed by atoms with Gasteiger partial charge in [-0.3, -0.25) is 9.69 Å². The van der Waals surface area contributed by atoms with E-state index in [-0.39, 0.29) is 5.78 Å². The number of ketones is 1. The predicted molar refractivity (Wildman–Crippen MR) is 60.7 cm³/mol. The van der Waals surface area contributed by atoms with Gasteiger partial charge in [0.25, 0.3) is 0 Å². The number of carbonyl (C=O) groups excluding carboxylic acids is 1. The van der Waals surface area contributed by atoms with E-state index < -0.39 is 5.50 Å². The van der Waals surface area contributed by atoms with E-state index in [2.05, 4.69) is 12.1 Å². The van der Waals surface area contributed by atoms with Crippen molar-refractivity contribution < 1.29 is 4.79 Å². The maximum Gasteiger partial charge on any atom is 0.165 e. The smallest absolute Gasteiger partial charge is 0.165 e. The Balaban J connectivity index is 2.02. The lowest BCUT2D eigenvalue weighted by Gasteiger charge is -2.30. The molecule has 1 atom stereocenters. The fourth-order valence-electron chi connectivity index (χ4n) is 1.87. The molecule has 0 aliphatic carbocycles. The summed E-state index contributed by atoms with van der Waals surface area (Å²) >= 11 is 6.06. The van der Waals surface area contributed by atoms with Crippen molar-refractivity contribution in [2.75, 3.05) is 6.54 Å². The number of piperidine rings is 1. The fourth-order valence-corrected chi connectivity index (χ4v) is 2.15. The Morgan fingerprint density at radius 1 is 1.33 bits per heavy atom. The number of nitrogens with zero attached hydrogens (tertiary/aromatic N) is 1. The molecule has 2 rings (SSSR count). The average molecular weight is 224 g/mol. The Morgan fingerprint density at radius 2 is 2.07 bits per heavy atom. The lowest BCUT2D eigenvalue weighted by Crippen LogP contribution is -2.41. The van der Waals surface area contributed by atoms with Crippen LogP contribution in [0.15, 0.2) is 30.3 Å². The van der Waals surface area contributed by atoms with Crippen LogP contribution in [0.25, 0.3) is 0 Å². The zero-order valence-corrected chi connectivity index (χ0v) is 9.28. The van der Waals surface area contributed by atoms with Gasteiger partial charge in [-0.15, -0.1) is 0 Å². The van der Waals surface area contributed by atoms with Crippen molar-refractivity contribution in [3.05, 3.63) is 35.9 Å². The maximum absolute atomic E-state index is 11.4. The predicted octanol–water partition coefficient (Wildman–Crippen LogP) is 2.42. The molecular formula is C12H14ClNO. The topological polar surface area (TPSA) is 20.3 Å². The third kappa shape index (κ3) is 2.58. The molecule has 1 saturated heterocycles. The molecule has 1 aliphatic heterocycles. The van der Waals surface area contributed by atoms with E-state index in [4.69, 9.17) is 11.6 Å². The molecule has 15 heavy (non-hydrogen) atoms. The molecule has 0 aromatic heterocycles. The Hall–Kier alpha value is -0.860. The number of rotatable bonds is 2. The zero-order chi connectivity index (χ0) is 10.7. The summed E-state index contributed by atoms with van der Waals surface area (Å²) in [5.74, 6) is 0.152. The summed E-state index contributed by atoms with van der Waals surface area (Å²) in [6.45, 7) is 1.68. The van der Waals surface area contributed by atoms with Crippen molar-refractivity contribution in [2.24, 2.45) is 0 Å². The molecule has 1 heterocycles. The van der Waals surface area contributed by atoms with Crippen molar-refractivity contribution in [2.45, 2.75) is 24.9 Å². The van der Waals surface area contributed by atoms with Crippen LogP contribution in [0.3, 0.4) is 0 Å². The minimum absolute atomic E-state index is 0.152. The van der Waals surface area contributed by atoms with E-state index in [0.29, 0.717) is 6.42 Å². The van der Waals surface area contributed by atoms with Crippen LogP contribution in [-0.2, 0) is 11.3 Å². The first kappa shape index (κ1) is 10.7. The summed E-state index contributed by atoms with van der Waals surface area (Å²) in [4.78, 5) is 13.5. The second kappa shape index (κ2) is 4.77. The summed E-state index contributed by atoms with van der Waals surface area (Å²) in [5, 5.41) is 0. The highest BCUT2D eigenvalue weighted by molar-refractivity contribution is 6.30. The summed E-state index contributed by atoms with van der Waals surface area (Å²) in [5.41, 5.74) is 0.775. The van der Waals surface area contributed by atoms with Crippen molar-refractivity contribution >= 4 is 17.4 Å². The van der Waals surface area contributed by atoms with Crippen molar-refractivity contribution in [1.29, 1.82) is 0 Å². The average Bonchev–Trinajstić information content (AvgIpc) is 2.26. The molecule has 1 aromatic carbocycles. The van der Waals surface area contributed by atoms with Crippen LogP contribution in [0.2, 0.25) is 0 Å². The van der Waals surface area contributed by atoms with Gasteiger partial charge >= 0.3 is 0 Å². The van der Waals surface area contributed by atoms with E-state index in [1.165, 1.54) is 5.56 Å². The molecule has 0 N–H and O–H groups in total. The number of halogens is 1. The lowest BCUT2D eigenvalue weighted by molar-refractivity contribution is -0.124. The SMILES string of the molecule is O=C1CCCN(Cc2ccccc2)C1Cl. The first-order chi connectivity index (χ1) is 7.27. The largest absolute Gasteiger partial charge is 0.297 e. The van der Waals surface area contributed by atoms with Crippen molar-refractivity contribution in [3.8, 4) is 0 Å². The lowest BCUT2D eigenvalue weighted by atomic mass is 10.1. The van der Waals surface area contributed by atoms with E-state index in [1.54, 1.807) is 0 Å². The molecule has 3 heteroatoms. The van der Waals surface area contributed by atoms with Gasteiger partial charge in [0.2, 0.25) is 0 Å². The molecule has 0 spiro atoms. The van der Waals surface area contributed by atoms with Gasteiger partial charge in [-0.1, -0.05) is 41.9 Å². The number of hydrogen-bond acceptors (Lipinski definition) is 2. The van der Waals surface area contributed by atoms with Gasteiger partial charge in [0.05, 0.1) is 0 Å². The third-order valence-corrected chi connectivity index (χ3v) is 3.20. The Bertz CT molecular complexity index is 339. The van der Waals surface area contributed by atoms with Gasteiger partial charge in [-0.2, -0.15) is 0 Å².